The van der Waals surface area contributed by atoms with Crippen LogP contribution in [-0.4, -0.2) is 25.4 Å². The highest BCUT2D eigenvalue weighted by Gasteiger charge is 2.42. The lowest BCUT2D eigenvalue weighted by Crippen LogP contribution is -2.39. The van der Waals surface area contributed by atoms with Gasteiger partial charge in [-0.25, -0.2) is 0 Å². The smallest absolute Gasteiger partial charge is 0.0866 e. The molecule has 2 heteroatoms. The van der Waals surface area contributed by atoms with Gasteiger partial charge in [0.25, 0.3) is 0 Å². The number of rotatable bonds is 0. The maximum atomic E-state index is 5.66. The monoisotopic (exact) mass is 156 g/mol. The van der Waals surface area contributed by atoms with Crippen LogP contribution in [0.3, 0.4) is 0 Å². The molecule has 1 aliphatic carbocycles. The molecule has 2 aliphatic rings. The van der Waals surface area contributed by atoms with Crippen molar-refractivity contribution in [2.75, 3.05) is 13.2 Å². The normalized spacial score (nSPS) is 50.7. The first-order chi connectivity index (χ1) is 5.29. The van der Waals surface area contributed by atoms with Crippen LogP contribution >= 0.6 is 0 Å². The van der Waals surface area contributed by atoms with Crippen LogP contribution in [0.1, 0.15) is 20.3 Å². The van der Waals surface area contributed by atoms with Gasteiger partial charge < -0.3 is 9.47 Å². The lowest BCUT2D eigenvalue weighted by atomic mass is 10.1. The molecule has 0 aromatic heterocycles. The molecule has 11 heavy (non-hydrogen) atoms. The van der Waals surface area contributed by atoms with Gasteiger partial charge >= 0.3 is 0 Å². The van der Waals surface area contributed by atoms with Crippen molar-refractivity contribution in [2.45, 2.75) is 32.5 Å². The van der Waals surface area contributed by atoms with E-state index in [0.29, 0.717) is 24.0 Å². The van der Waals surface area contributed by atoms with Crippen LogP contribution in [0.25, 0.3) is 0 Å². The molecule has 2 nitrogen and oxygen atoms in total. The quantitative estimate of drug-likeness (QED) is 0.528. The SMILES string of the molecule is CC1CC(C)C2OCCOC12. The fourth-order valence-corrected chi connectivity index (χ4v) is 2.39. The maximum Gasteiger partial charge on any atom is 0.0866 e. The fourth-order valence-electron chi connectivity index (χ4n) is 2.39. The van der Waals surface area contributed by atoms with Gasteiger partial charge in [0.2, 0.25) is 0 Å². The molecule has 0 N–H and O–H groups in total. The van der Waals surface area contributed by atoms with E-state index in [9.17, 15) is 0 Å². The van der Waals surface area contributed by atoms with Crippen molar-refractivity contribution >= 4 is 0 Å². The first kappa shape index (κ1) is 7.56. The van der Waals surface area contributed by atoms with Crippen LogP contribution in [0.5, 0.6) is 0 Å². The predicted molar refractivity (Wildman–Crippen MR) is 42.4 cm³/mol. The molecular weight excluding hydrogens is 140 g/mol. The Labute approximate surface area is 67.9 Å². The minimum absolute atomic E-state index is 0.388. The Balaban J connectivity index is 2.07. The van der Waals surface area contributed by atoms with Crippen molar-refractivity contribution in [3.8, 4) is 0 Å². The zero-order chi connectivity index (χ0) is 7.84. The van der Waals surface area contributed by atoms with Crippen LogP contribution in [0.4, 0.5) is 0 Å². The summed E-state index contributed by atoms with van der Waals surface area (Å²) in [5.74, 6) is 1.38. The Morgan fingerprint density at radius 1 is 0.909 bits per heavy atom. The Hall–Kier alpha value is -0.0800. The average Bonchev–Trinajstić information content (AvgIpc) is 2.30. The van der Waals surface area contributed by atoms with Gasteiger partial charge in [-0.05, 0) is 18.3 Å². The van der Waals surface area contributed by atoms with E-state index in [0.717, 1.165) is 13.2 Å². The minimum atomic E-state index is 0.388. The Morgan fingerprint density at radius 3 is 1.82 bits per heavy atom. The van der Waals surface area contributed by atoms with Crippen LogP contribution < -0.4 is 0 Å². The Kier molecular flexibility index (Phi) is 1.90. The van der Waals surface area contributed by atoms with Gasteiger partial charge in [0.15, 0.2) is 0 Å². The summed E-state index contributed by atoms with van der Waals surface area (Å²) < 4.78 is 11.3. The molecule has 2 fully saturated rings. The fraction of sp³-hybridized carbons (Fsp3) is 1.00. The van der Waals surface area contributed by atoms with Crippen molar-refractivity contribution in [3.05, 3.63) is 0 Å². The summed E-state index contributed by atoms with van der Waals surface area (Å²) >= 11 is 0. The summed E-state index contributed by atoms with van der Waals surface area (Å²) in [6, 6.07) is 0. The average molecular weight is 156 g/mol. The van der Waals surface area contributed by atoms with E-state index in [-0.39, 0.29) is 0 Å². The highest BCUT2D eigenvalue weighted by Crippen LogP contribution is 2.36. The van der Waals surface area contributed by atoms with E-state index in [1.807, 2.05) is 0 Å². The summed E-state index contributed by atoms with van der Waals surface area (Å²) in [5.41, 5.74) is 0. The van der Waals surface area contributed by atoms with Crippen LogP contribution in [0.15, 0.2) is 0 Å². The molecule has 4 atom stereocenters. The summed E-state index contributed by atoms with van der Waals surface area (Å²) in [7, 11) is 0. The molecule has 0 aromatic rings. The number of fused-ring (bicyclic) bond motifs is 1. The van der Waals surface area contributed by atoms with Crippen molar-refractivity contribution in [1.82, 2.24) is 0 Å². The van der Waals surface area contributed by atoms with Gasteiger partial charge in [0.05, 0.1) is 25.4 Å². The van der Waals surface area contributed by atoms with Gasteiger partial charge in [-0.1, -0.05) is 13.8 Å². The molecule has 0 amide bonds. The number of ether oxygens (including phenoxy) is 2. The second-order valence-electron chi connectivity index (χ2n) is 3.86. The van der Waals surface area contributed by atoms with Crippen LogP contribution in [0, 0.1) is 11.8 Å². The zero-order valence-corrected chi connectivity index (χ0v) is 7.25. The van der Waals surface area contributed by atoms with Gasteiger partial charge in [0.1, 0.15) is 0 Å². The summed E-state index contributed by atoms with van der Waals surface area (Å²) in [6.45, 7) is 6.10. The topological polar surface area (TPSA) is 18.5 Å². The lowest BCUT2D eigenvalue weighted by Gasteiger charge is -2.30. The van der Waals surface area contributed by atoms with E-state index < -0.39 is 0 Å². The van der Waals surface area contributed by atoms with E-state index in [1.54, 1.807) is 0 Å². The Bertz CT molecular complexity index is 130. The molecule has 1 saturated heterocycles. The number of hydrogen-bond donors (Lipinski definition) is 0. The molecule has 0 bridgehead atoms. The third-order valence-electron chi connectivity index (χ3n) is 2.89. The van der Waals surface area contributed by atoms with Crippen LogP contribution in [-0.2, 0) is 9.47 Å². The van der Waals surface area contributed by atoms with Crippen molar-refractivity contribution in [3.63, 3.8) is 0 Å². The van der Waals surface area contributed by atoms with E-state index in [1.165, 1.54) is 6.42 Å². The third kappa shape index (κ3) is 1.18. The first-order valence-electron chi connectivity index (χ1n) is 4.52. The molecule has 2 rings (SSSR count). The van der Waals surface area contributed by atoms with Crippen LogP contribution in [0.2, 0.25) is 0 Å². The van der Waals surface area contributed by atoms with Gasteiger partial charge in [-0.15, -0.1) is 0 Å². The third-order valence-corrected chi connectivity index (χ3v) is 2.89. The lowest BCUT2D eigenvalue weighted by molar-refractivity contribution is -0.144. The van der Waals surface area contributed by atoms with Gasteiger partial charge in [0, 0.05) is 0 Å². The van der Waals surface area contributed by atoms with Gasteiger partial charge in [-0.3, -0.25) is 0 Å². The molecule has 1 aliphatic heterocycles. The highest BCUT2D eigenvalue weighted by molar-refractivity contribution is 4.90. The molecule has 0 radical (unpaired) electrons. The minimum Gasteiger partial charge on any atom is -0.373 e. The second kappa shape index (κ2) is 2.76. The Morgan fingerprint density at radius 2 is 1.36 bits per heavy atom. The molecule has 1 saturated carbocycles. The van der Waals surface area contributed by atoms with Crippen molar-refractivity contribution < 1.29 is 9.47 Å². The van der Waals surface area contributed by atoms with E-state index in [4.69, 9.17) is 9.47 Å². The largest absolute Gasteiger partial charge is 0.373 e. The van der Waals surface area contributed by atoms with E-state index in [2.05, 4.69) is 13.8 Å². The van der Waals surface area contributed by atoms with Crippen molar-refractivity contribution in [1.29, 1.82) is 0 Å². The predicted octanol–water partition coefficient (Wildman–Crippen LogP) is 1.45. The second-order valence-corrected chi connectivity index (χ2v) is 3.86. The number of hydrogen-bond acceptors (Lipinski definition) is 2. The maximum absolute atomic E-state index is 5.66. The van der Waals surface area contributed by atoms with E-state index >= 15 is 0 Å². The zero-order valence-electron chi connectivity index (χ0n) is 7.25. The first-order valence-corrected chi connectivity index (χ1v) is 4.52. The molecule has 0 spiro atoms. The molecular formula is C9H16O2. The standard InChI is InChI=1S/C9H16O2/c1-6-5-7(2)9-8(6)10-3-4-11-9/h6-9H,3-5H2,1-2H3. The molecule has 1 heterocycles. The van der Waals surface area contributed by atoms with Gasteiger partial charge in [-0.2, -0.15) is 0 Å². The summed E-state index contributed by atoms with van der Waals surface area (Å²) in [4.78, 5) is 0. The molecule has 0 aromatic carbocycles. The summed E-state index contributed by atoms with van der Waals surface area (Å²) in [6.07, 6.45) is 2.03. The summed E-state index contributed by atoms with van der Waals surface area (Å²) in [5, 5.41) is 0. The molecule has 4 unspecified atom stereocenters. The van der Waals surface area contributed by atoms with Crippen molar-refractivity contribution in [2.24, 2.45) is 11.8 Å². The molecule has 64 valence electrons. The highest BCUT2D eigenvalue weighted by atomic mass is 16.6.